The third kappa shape index (κ3) is 4.29. The molecule has 23 heavy (non-hydrogen) atoms. The van der Waals surface area contributed by atoms with E-state index in [0.29, 0.717) is 0 Å². The number of hydrogen-bond acceptors (Lipinski definition) is 4. The molecular formula is C15H21N3O4S. The van der Waals surface area contributed by atoms with Crippen molar-refractivity contribution in [1.29, 1.82) is 0 Å². The molecule has 2 rings (SSSR count). The molecule has 1 saturated heterocycles. The molecule has 1 fully saturated rings. The van der Waals surface area contributed by atoms with Gasteiger partial charge < -0.3 is 10.2 Å². The molecular weight excluding hydrogens is 318 g/mol. The van der Waals surface area contributed by atoms with Crippen molar-refractivity contribution >= 4 is 21.8 Å². The third-order valence-corrected chi connectivity index (χ3v) is 5.31. The van der Waals surface area contributed by atoms with Crippen LogP contribution >= 0.6 is 0 Å². The minimum Gasteiger partial charge on any atom is -0.352 e. The molecule has 0 bridgehead atoms. The monoisotopic (exact) mass is 339 g/mol. The SMILES string of the molecule is CC(C)NC(=O)CN1CCN(S(=O)(=O)c2ccccc2)CC1=O. The van der Waals surface area contributed by atoms with Crippen molar-refractivity contribution in [3.8, 4) is 0 Å². The van der Waals surface area contributed by atoms with E-state index in [-0.39, 0.29) is 48.9 Å². The molecule has 126 valence electrons. The number of carbonyl (C=O) groups is 2. The molecule has 1 heterocycles. The molecule has 0 saturated carbocycles. The van der Waals surface area contributed by atoms with Crippen molar-refractivity contribution < 1.29 is 18.0 Å². The first kappa shape index (κ1) is 17.4. The summed E-state index contributed by atoms with van der Waals surface area (Å²) < 4.78 is 26.1. The zero-order valence-electron chi connectivity index (χ0n) is 13.2. The van der Waals surface area contributed by atoms with E-state index < -0.39 is 10.0 Å². The van der Waals surface area contributed by atoms with Crippen molar-refractivity contribution in [2.45, 2.75) is 24.8 Å². The van der Waals surface area contributed by atoms with Gasteiger partial charge in [-0.1, -0.05) is 18.2 Å². The van der Waals surface area contributed by atoms with Crippen LogP contribution in [0.3, 0.4) is 0 Å². The minimum atomic E-state index is -3.68. The average molecular weight is 339 g/mol. The Kier molecular flexibility index (Phi) is 5.38. The summed E-state index contributed by atoms with van der Waals surface area (Å²) in [6.07, 6.45) is 0. The Morgan fingerprint density at radius 1 is 1.22 bits per heavy atom. The molecule has 0 aliphatic carbocycles. The second-order valence-corrected chi connectivity index (χ2v) is 7.63. The van der Waals surface area contributed by atoms with E-state index in [4.69, 9.17) is 0 Å². The van der Waals surface area contributed by atoms with Gasteiger partial charge in [0.1, 0.15) is 0 Å². The van der Waals surface area contributed by atoms with Crippen molar-refractivity contribution in [1.82, 2.24) is 14.5 Å². The van der Waals surface area contributed by atoms with Gasteiger partial charge in [0, 0.05) is 19.1 Å². The van der Waals surface area contributed by atoms with Gasteiger partial charge in [0.2, 0.25) is 21.8 Å². The summed E-state index contributed by atoms with van der Waals surface area (Å²) in [5.41, 5.74) is 0. The van der Waals surface area contributed by atoms with Gasteiger partial charge in [-0.05, 0) is 26.0 Å². The number of benzene rings is 1. The Morgan fingerprint density at radius 2 is 1.87 bits per heavy atom. The second kappa shape index (κ2) is 7.10. The van der Waals surface area contributed by atoms with Crippen LogP contribution < -0.4 is 5.32 Å². The molecule has 8 heteroatoms. The highest BCUT2D eigenvalue weighted by Crippen LogP contribution is 2.17. The van der Waals surface area contributed by atoms with Crippen LogP contribution in [-0.4, -0.2) is 61.7 Å². The van der Waals surface area contributed by atoms with Crippen LogP contribution in [0.2, 0.25) is 0 Å². The molecule has 1 N–H and O–H groups in total. The van der Waals surface area contributed by atoms with Crippen molar-refractivity contribution in [3.63, 3.8) is 0 Å². The third-order valence-electron chi connectivity index (χ3n) is 3.45. The molecule has 0 atom stereocenters. The number of amides is 2. The highest BCUT2D eigenvalue weighted by molar-refractivity contribution is 7.89. The summed E-state index contributed by atoms with van der Waals surface area (Å²) in [6.45, 7) is 3.77. The van der Waals surface area contributed by atoms with Gasteiger partial charge in [0.25, 0.3) is 0 Å². The predicted molar refractivity (Wildman–Crippen MR) is 85.1 cm³/mol. The maximum absolute atomic E-state index is 12.5. The molecule has 1 aromatic rings. The fraction of sp³-hybridized carbons (Fsp3) is 0.467. The second-order valence-electron chi connectivity index (χ2n) is 5.69. The number of nitrogens with zero attached hydrogens (tertiary/aromatic N) is 2. The highest BCUT2D eigenvalue weighted by atomic mass is 32.2. The van der Waals surface area contributed by atoms with Crippen LogP contribution in [0, 0.1) is 0 Å². The van der Waals surface area contributed by atoms with Crippen LogP contribution in [-0.2, 0) is 19.6 Å². The highest BCUT2D eigenvalue weighted by Gasteiger charge is 2.33. The fourth-order valence-electron chi connectivity index (χ4n) is 2.34. The van der Waals surface area contributed by atoms with Crippen molar-refractivity contribution in [2.24, 2.45) is 0 Å². The van der Waals surface area contributed by atoms with Gasteiger partial charge in [0.15, 0.2) is 0 Å². The number of hydrogen-bond donors (Lipinski definition) is 1. The van der Waals surface area contributed by atoms with Crippen LogP contribution in [0.5, 0.6) is 0 Å². The lowest BCUT2D eigenvalue weighted by atomic mass is 10.3. The maximum Gasteiger partial charge on any atom is 0.243 e. The Hall–Kier alpha value is -1.93. The molecule has 1 aromatic carbocycles. The molecule has 1 aliphatic rings. The van der Waals surface area contributed by atoms with Gasteiger partial charge in [-0.2, -0.15) is 4.31 Å². The molecule has 0 unspecified atom stereocenters. The van der Waals surface area contributed by atoms with E-state index in [0.717, 1.165) is 4.31 Å². The van der Waals surface area contributed by atoms with E-state index in [9.17, 15) is 18.0 Å². The van der Waals surface area contributed by atoms with E-state index in [1.54, 1.807) is 18.2 Å². The first-order valence-electron chi connectivity index (χ1n) is 7.43. The zero-order valence-corrected chi connectivity index (χ0v) is 14.0. The van der Waals surface area contributed by atoms with Crippen LogP contribution in [0.15, 0.2) is 35.2 Å². The molecule has 0 aromatic heterocycles. The van der Waals surface area contributed by atoms with Crippen LogP contribution in [0.1, 0.15) is 13.8 Å². The largest absolute Gasteiger partial charge is 0.352 e. The molecule has 7 nitrogen and oxygen atoms in total. The lowest BCUT2D eigenvalue weighted by Gasteiger charge is -2.33. The van der Waals surface area contributed by atoms with E-state index in [2.05, 4.69) is 5.32 Å². The van der Waals surface area contributed by atoms with Gasteiger partial charge in [-0.3, -0.25) is 9.59 Å². The Bertz CT molecular complexity index is 673. The van der Waals surface area contributed by atoms with Gasteiger partial charge in [-0.15, -0.1) is 0 Å². The van der Waals surface area contributed by atoms with Crippen molar-refractivity contribution in [2.75, 3.05) is 26.2 Å². The average Bonchev–Trinajstić information content (AvgIpc) is 2.49. The summed E-state index contributed by atoms with van der Waals surface area (Å²) >= 11 is 0. The molecule has 2 amide bonds. The number of sulfonamides is 1. The van der Waals surface area contributed by atoms with Gasteiger partial charge in [-0.25, -0.2) is 8.42 Å². The quantitative estimate of drug-likeness (QED) is 0.821. The summed E-state index contributed by atoms with van der Waals surface area (Å²) in [5.74, 6) is -0.609. The van der Waals surface area contributed by atoms with Crippen molar-refractivity contribution in [3.05, 3.63) is 30.3 Å². The van der Waals surface area contributed by atoms with E-state index in [1.807, 2.05) is 13.8 Å². The first-order chi connectivity index (χ1) is 10.8. The Labute approximate surface area is 136 Å². The van der Waals surface area contributed by atoms with Crippen LogP contribution in [0.4, 0.5) is 0 Å². The fourth-order valence-corrected chi connectivity index (χ4v) is 3.74. The molecule has 1 aliphatic heterocycles. The summed E-state index contributed by atoms with van der Waals surface area (Å²) in [6, 6.07) is 8.01. The Morgan fingerprint density at radius 3 is 2.43 bits per heavy atom. The number of nitrogens with one attached hydrogen (secondary N) is 1. The summed E-state index contributed by atoms with van der Waals surface area (Å²) in [7, 11) is -3.68. The lowest BCUT2D eigenvalue weighted by molar-refractivity contribution is -0.138. The first-order valence-corrected chi connectivity index (χ1v) is 8.87. The van der Waals surface area contributed by atoms with Gasteiger partial charge in [0.05, 0.1) is 18.0 Å². The molecule has 0 radical (unpaired) electrons. The van der Waals surface area contributed by atoms with E-state index in [1.165, 1.54) is 17.0 Å². The number of rotatable bonds is 5. The number of carbonyl (C=O) groups excluding carboxylic acids is 2. The maximum atomic E-state index is 12.5. The zero-order chi connectivity index (χ0) is 17.0. The normalized spacial score (nSPS) is 16.7. The smallest absolute Gasteiger partial charge is 0.243 e. The topological polar surface area (TPSA) is 86.8 Å². The summed E-state index contributed by atoms with van der Waals surface area (Å²) in [4.78, 5) is 25.4. The minimum absolute atomic E-state index is 0.00245. The standard InChI is InChI=1S/C15H21N3O4S/c1-12(2)16-14(19)10-17-8-9-18(11-15(17)20)23(21,22)13-6-4-3-5-7-13/h3-7,12H,8-11H2,1-2H3,(H,16,19). The summed E-state index contributed by atoms with van der Waals surface area (Å²) in [5, 5.41) is 2.71. The lowest BCUT2D eigenvalue weighted by Crippen LogP contribution is -2.54. The number of piperazine rings is 1. The van der Waals surface area contributed by atoms with Crippen LogP contribution in [0.25, 0.3) is 0 Å². The predicted octanol–water partition coefficient (Wildman–Crippen LogP) is 0.0441. The Balaban J connectivity index is 2.01. The van der Waals surface area contributed by atoms with E-state index >= 15 is 0 Å². The van der Waals surface area contributed by atoms with Gasteiger partial charge >= 0.3 is 0 Å². The molecule has 0 spiro atoms.